The number of aliphatic imine (C=N–C) groups is 2. The third-order valence-corrected chi connectivity index (χ3v) is 3.55. The van der Waals surface area contributed by atoms with Gasteiger partial charge in [0, 0.05) is 0 Å². The summed E-state index contributed by atoms with van der Waals surface area (Å²) < 4.78 is 11.1. The molecule has 0 aromatic carbocycles. The molecular weight excluding hydrogens is 242 g/mol. The molecule has 19 heavy (non-hydrogen) atoms. The second kappa shape index (κ2) is 5.60. The maximum absolute atomic E-state index is 9.32. The number of nitriles is 1. The molecule has 104 valence electrons. The molecule has 0 aromatic rings. The molecule has 0 spiro atoms. The summed E-state index contributed by atoms with van der Waals surface area (Å²) in [4.78, 5) is 8.97. The summed E-state index contributed by atoms with van der Waals surface area (Å²) in [5, 5.41) is 9.32. The summed E-state index contributed by atoms with van der Waals surface area (Å²) in [5.74, 6) is 1.15. The summed E-state index contributed by atoms with van der Waals surface area (Å²) in [6.07, 6.45) is 0. The minimum Gasteiger partial charge on any atom is -0.477 e. The van der Waals surface area contributed by atoms with E-state index in [1.165, 1.54) is 0 Å². The van der Waals surface area contributed by atoms with Crippen molar-refractivity contribution in [1.82, 2.24) is 0 Å². The van der Waals surface area contributed by atoms with Crippen molar-refractivity contribution in [2.75, 3.05) is 13.2 Å². The first-order valence-corrected chi connectivity index (χ1v) is 6.83. The van der Waals surface area contributed by atoms with Crippen LogP contribution in [0.2, 0.25) is 0 Å². The Labute approximate surface area is 114 Å². The van der Waals surface area contributed by atoms with Gasteiger partial charge in [-0.3, -0.25) is 0 Å². The highest BCUT2D eigenvalue weighted by Gasteiger charge is 2.35. The van der Waals surface area contributed by atoms with E-state index in [1.807, 2.05) is 0 Å². The molecule has 0 aliphatic carbocycles. The predicted molar refractivity (Wildman–Crippen MR) is 73.1 cm³/mol. The zero-order valence-electron chi connectivity index (χ0n) is 12.0. The van der Waals surface area contributed by atoms with Crippen molar-refractivity contribution >= 4 is 11.8 Å². The Morgan fingerprint density at radius 3 is 1.68 bits per heavy atom. The number of hydrogen-bond acceptors (Lipinski definition) is 5. The molecule has 2 rings (SSSR count). The monoisotopic (exact) mass is 263 g/mol. The lowest BCUT2D eigenvalue weighted by Crippen LogP contribution is -2.23. The van der Waals surface area contributed by atoms with Crippen LogP contribution in [0, 0.1) is 29.1 Å². The molecule has 0 N–H and O–H groups in total. The van der Waals surface area contributed by atoms with Gasteiger partial charge in [-0.15, -0.1) is 0 Å². The van der Waals surface area contributed by atoms with Crippen LogP contribution in [-0.2, 0) is 9.47 Å². The smallest absolute Gasteiger partial charge is 0.211 e. The molecular formula is C14H21N3O2. The van der Waals surface area contributed by atoms with E-state index in [2.05, 4.69) is 43.7 Å². The first-order valence-electron chi connectivity index (χ1n) is 6.83. The number of rotatable bonds is 4. The van der Waals surface area contributed by atoms with E-state index < -0.39 is 5.92 Å². The standard InChI is InChI=1S/C14H21N3O2/c1-8(2)11-6-18-13(16-11)10(5-15)14-17-12(7-19-14)9(3)4/h8-12H,6-7H2,1-4H3/t11-,12-/m1/s1. The van der Waals surface area contributed by atoms with Crippen LogP contribution in [0.3, 0.4) is 0 Å². The average molecular weight is 263 g/mol. The van der Waals surface area contributed by atoms with Gasteiger partial charge in [-0.25, -0.2) is 9.98 Å². The molecule has 0 radical (unpaired) electrons. The van der Waals surface area contributed by atoms with Gasteiger partial charge in [0.15, 0.2) is 5.92 Å². The Balaban J connectivity index is 2.12. The van der Waals surface area contributed by atoms with Crippen molar-refractivity contribution in [3.63, 3.8) is 0 Å². The summed E-state index contributed by atoms with van der Waals surface area (Å²) in [6, 6.07) is 2.46. The molecule has 0 saturated heterocycles. The molecule has 2 aliphatic heterocycles. The van der Waals surface area contributed by atoms with Crippen LogP contribution in [0.15, 0.2) is 9.98 Å². The minimum atomic E-state index is -0.590. The Hall–Kier alpha value is -1.57. The maximum atomic E-state index is 9.32. The van der Waals surface area contributed by atoms with E-state index in [4.69, 9.17) is 9.47 Å². The molecule has 0 saturated carbocycles. The summed E-state index contributed by atoms with van der Waals surface area (Å²) in [5.41, 5.74) is 0. The van der Waals surface area contributed by atoms with Crippen molar-refractivity contribution in [1.29, 1.82) is 5.26 Å². The highest BCUT2D eigenvalue weighted by molar-refractivity contribution is 6.04. The van der Waals surface area contributed by atoms with Gasteiger partial charge in [0.2, 0.25) is 11.8 Å². The van der Waals surface area contributed by atoms with Crippen LogP contribution in [-0.4, -0.2) is 37.1 Å². The van der Waals surface area contributed by atoms with Crippen LogP contribution < -0.4 is 0 Å². The lowest BCUT2D eigenvalue weighted by Gasteiger charge is -2.07. The van der Waals surface area contributed by atoms with E-state index in [9.17, 15) is 5.26 Å². The normalized spacial score (nSPS) is 26.2. The largest absolute Gasteiger partial charge is 0.477 e. The van der Waals surface area contributed by atoms with E-state index >= 15 is 0 Å². The van der Waals surface area contributed by atoms with Gasteiger partial charge in [-0.1, -0.05) is 27.7 Å². The summed E-state index contributed by atoms with van der Waals surface area (Å²) in [7, 11) is 0. The van der Waals surface area contributed by atoms with E-state index in [0.29, 0.717) is 36.8 Å². The molecule has 0 unspecified atom stereocenters. The first kappa shape index (κ1) is 13.9. The highest BCUT2D eigenvalue weighted by Crippen LogP contribution is 2.22. The van der Waals surface area contributed by atoms with Gasteiger partial charge in [-0.05, 0) is 11.8 Å². The average Bonchev–Trinajstić information content (AvgIpc) is 2.98. The lowest BCUT2D eigenvalue weighted by atomic mass is 10.1. The Bertz CT molecular complexity index is 400. The second-order valence-electron chi connectivity index (χ2n) is 5.74. The van der Waals surface area contributed by atoms with Gasteiger partial charge in [0.25, 0.3) is 0 Å². The Kier molecular flexibility index (Phi) is 4.08. The number of ether oxygens (including phenoxy) is 2. The summed E-state index contributed by atoms with van der Waals surface area (Å²) >= 11 is 0. The van der Waals surface area contributed by atoms with E-state index in [1.54, 1.807) is 0 Å². The van der Waals surface area contributed by atoms with Gasteiger partial charge in [-0.2, -0.15) is 5.26 Å². The molecule has 2 atom stereocenters. The van der Waals surface area contributed by atoms with Gasteiger partial charge < -0.3 is 9.47 Å². The molecule has 0 fully saturated rings. The van der Waals surface area contributed by atoms with Crippen LogP contribution in [0.4, 0.5) is 0 Å². The fraction of sp³-hybridized carbons (Fsp3) is 0.786. The first-order chi connectivity index (χ1) is 9.02. The Morgan fingerprint density at radius 1 is 1.00 bits per heavy atom. The molecule has 0 bridgehead atoms. The van der Waals surface area contributed by atoms with Crippen molar-refractivity contribution in [3.05, 3.63) is 0 Å². The van der Waals surface area contributed by atoms with Gasteiger partial charge in [0.1, 0.15) is 13.2 Å². The lowest BCUT2D eigenvalue weighted by molar-refractivity contribution is 0.270. The fourth-order valence-electron chi connectivity index (χ4n) is 2.03. The van der Waals surface area contributed by atoms with E-state index in [0.717, 1.165) is 0 Å². The zero-order chi connectivity index (χ0) is 14.0. The highest BCUT2D eigenvalue weighted by atomic mass is 16.5. The van der Waals surface area contributed by atoms with Crippen LogP contribution >= 0.6 is 0 Å². The number of nitrogens with zero attached hydrogens (tertiary/aromatic N) is 3. The van der Waals surface area contributed by atoms with Crippen LogP contribution in [0.1, 0.15) is 27.7 Å². The molecule has 5 nitrogen and oxygen atoms in total. The van der Waals surface area contributed by atoms with Crippen molar-refractivity contribution in [3.8, 4) is 6.07 Å². The van der Waals surface area contributed by atoms with Crippen LogP contribution in [0.5, 0.6) is 0 Å². The van der Waals surface area contributed by atoms with Crippen molar-refractivity contribution in [2.24, 2.45) is 27.7 Å². The zero-order valence-corrected chi connectivity index (χ0v) is 12.0. The third kappa shape index (κ3) is 2.89. The molecule has 0 aromatic heterocycles. The quantitative estimate of drug-likeness (QED) is 0.779. The van der Waals surface area contributed by atoms with E-state index in [-0.39, 0.29) is 12.1 Å². The SMILES string of the molecule is CC(C)[C@H]1COC(C(C#N)C2=N[C@@H](C(C)C)CO2)=N1. The van der Waals surface area contributed by atoms with Crippen LogP contribution in [0.25, 0.3) is 0 Å². The second-order valence-corrected chi connectivity index (χ2v) is 5.74. The molecule has 2 heterocycles. The van der Waals surface area contributed by atoms with Crippen molar-refractivity contribution in [2.45, 2.75) is 39.8 Å². The molecule has 5 heteroatoms. The predicted octanol–water partition coefficient (Wildman–Crippen LogP) is 2.03. The Morgan fingerprint density at radius 2 is 1.42 bits per heavy atom. The van der Waals surface area contributed by atoms with Gasteiger partial charge >= 0.3 is 0 Å². The van der Waals surface area contributed by atoms with Gasteiger partial charge in [0.05, 0.1) is 18.2 Å². The molecule has 0 amide bonds. The topological polar surface area (TPSA) is 67.0 Å². The fourth-order valence-corrected chi connectivity index (χ4v) is 2.03. The maximum Gasteiger partial charge on any atom is 0.211 e. The molecule has 2 aliphatic rings. The third-order valence-electron chi connectivity index (χ3n) is 3.55. The van der Waals surface area contributed by atoms with Crippen molar-refractivity contribution < 1.29 is 9.47 Å². The minimum absolute atomic E-state index is 0.133. The number of hydrogen-bond donors (Lipinski definition) is 0. The summed E-state index contributed by atoms with van der Waals surface area (Å²) in [6.45, 7) is 9.49.